The Morgan fingerprint density at radius 3 is 2.57 bits per heavy atom. The Balaban J connectivity index is 2.68. The van der Waals surface area contributed by atoms with Crippen LogP contribution >= 0.6 is 0 Å². The van der Waals surface area contributed by atoms with Crippen LogP contribution in [0.3, 0.4) is 0 Å². The zero-order chi connectivity index (χ0) is 10.6. The second-order valence-electron chi connectivity index (χ2n) is 3.05. The minimum atomic E-state index is -1.01. The van der Waals surface area contributed by atoms with Gasteiger partial charge in [0.2, 0.25) is 5.95 Å². The Morgan fingerprint density at radius 2 is 2.14 bits per heavy atom. The van der Waals surface area contributed by atoms with Gasteiger partial charge in [-0.15, -0.1) is 0 Å². The van der Waals surface area contributed by atoms with Gasteiger partial charge >= 0.3 is 5.97 Å². The van der Waals surface area contributed by atoms with Gasteiger partial charge in [0.25, 0.3) is 0 Å². The van der Waals surface area contributed by atoms with E-state index in [0.29, 0.717) is 5.95 Å². The Morgan fingerprint density at radius 1 is 1.57 bits per heavy atom. The molecule has 0 aliphatic rings. The number of aromatic nitrogens is 2. The van der Waals surface area contributed by atoms with Crippen molar-refractivity contribution in [3.63, 3.8) is 0 Å². The summed E-state index contributed by atoms with van der Waals surface area (Å²) in [6.07, 6.45) is 3.55. The first-order valence-corrected chi connectivity index (χ1v) is 4.45. The molecule has 1 aromatic rings. The second kappa shape index (κ2) is 4.55. The van der Waals surface area contributed by atoms with E-state index < -0.39 is 5.97 Å². The Labute approximate surface area is 82.2 Å². The molecule has 0 aromatic carbocycles. The van der Waals surface area contributed by atoms with Crippen molar-refractivity contribution in [2.45, 2.75) is 26.3 Å². The predicted molar refractivity (Wildman–Crippen MR) is 52.4 cm³/mol. The molecule has 1 atom stereocenters. The SMILES string of the molecule is CCC(C)Nc1ncc(C(=O)O)cn1. The standard InChI is InChI=1S/C9H13N3O2/c1-3-6(2)12-9-10-4-7(5-11-9)8(13)14/h4-6H,3H2,1-2H3,(H,13,14)(H,10,11,12). The molecule has 0 bridgehead atoms. The molecule has 0 saturated carbocycles. The van der Waals surface area contributed by atoms with E-state index in [4.69, 9.17) is 5.11 Å². The third-order valence-corrected chi connectivity index (χ3v) is 1.89. The van der Waals surface area contributed by atoms with Crippen LogP contribution in [0, 0.1) is 0 Å². The summed E-state index contributed by atoms with van der Waals surface area (Å²) < 4.78 is 0. The molecule has 0 spiro atoms. The van der Waals surface area contributed by atoms with Crippen molar-refractivity contribution in [2.24, 2.45) is 0 Å². The summed E-state index contributed by atoms with van der Waals surface area (Å²) in [5, 5.41) is 11.6. The molecule has 1 aromatic heterocycles. The smallest absolute Gasteiger partial charge is 0.338 e. The van der Waals surface area contributed by atoms with Gasteiger partial charge in [0, 0.05) is 18.4 Å². The molecule has 0 aliphatic heterocycles. The number of hydrogen-bond donors (Lipinski definition) is 2. The molecular weight excluding hydrogens is 182 g/mol. The lowest BCUT2D eigenvalue weighted by Gasteiger charge is -2.10. The first-order valence-electron chi connectivity index (χ1n) is 4.45. The van der Waals surface area contributed by atoms with E-state index in [9.17, 15) is 4.79 Å². The molecule has 5 heteroatoms. The van der Waals surface area contributed by atoms with Crippen molar-refractivity contribution in [1.29, 1.82) is 0 Å². The number of carbonyl (C=O) groups is 1. The average molecular weight is 195 g/mol. The summed E-state index contributed by atoms with van der Waals surface area (Å²) in [4.78, 5) is 18.3. The van der Waals surface area contributed by atoms with Gasteiger partial charge in [-0.25, -0.2) is 14.8 Å². The highest BCUT2D eigenvalue weighted by Gasteiger charge is 2.05. The first kappa shape index (κ1) is 10.4. The molecule has 0 saturated heterocycles. The molecule has 1 heterocycles. The van der Waals surface area contributed by atoms with Gasteiger partial charge in [-0.3, -0.25) is 0 Å². The maximum Gasteiger partial charge on any atom is 0.338 e. The van der Waals surface area contributed by atoms with Crippen LogP contribution in [0.25, 0.3) is 0 Å². The van der Waals surface area contributed by atoms with Crippen LogP contribution in [0.15, 0.2) is 12.4 Å². The number of hydrogen-bond acceptors (Lipinski definition) is 4. The molecule has 2 N–H and O–H groups in total. The first-order chi connectivity index (χ1) is 6.63. The summed E-state index contributed by atoms with van der Waals surface area (Å²) in [6.45, 7) is 4.05. The monoisotopic (exact) mass is 195 g/mol. The van der Waals surface area contributed by atoms with Gasteiger partial charge in [-0.1, -0.05) is 6.92 Å². The largest absolute Gasteiger partial charge is 0.478 e. The van der Waals surface area contributed by atoms with Gasteiger partial charge in [0.15, 0.2) is 0 Å². The van der Waals surface area contributed by atoms with Crippen molar-refractivity contribution in [3.8, 4) is 0 Å². The number of anilines is 1. The lowest BCUT2D eigenvalue weighted by Crippen LogP contribution is -2.15. The highest BCUT2D eigenvalue weighted by molar-refractivity contribution is 5.86. The minimum absolute atomic E-state index is 0.0969. The highest BCUT2D eigenvalue weighted by atomic mass is 16.4. The van der Waals surface area contributed by atoms with Gasteiger partial charge in [-0.05, 0) is 13.3 Å². The molecule has 1 rings (SSSR count). The van der Waals surface area contributed by atoms with E-state index in [1.165, 1.54) is 12.4 Å². The molecule has 1 unspecified atom stereocenters. The number of carboxylic acid groups (broad SMARTS) is 1. The van der Waals surface area contributed by atoms with E-state index in [2.05, 4.69) is 15.3 Å². The van der Waals surface area contributed by atoms with Crippen molar-refractivity contribution in [3.05, 3.63) is 18.0 Å². The fourth-order valence-electron chi connectivity index (χ4n) is 0.835. The Bertz CT molecular complexity index is 310. The van der Waals surface area contributed by atoms with E-state index in [1.807, 2.05) is 13.8 Å². The Hall–Kier alpha value is -1.65. The van der Waals surface area contributed by atoms with Crippen LogP contribution in [-0.2, 0) is 0 Å². The molecule has 76 valence electrons. The van der Waals surface area contributed by atoms with Crippen LogP contribution in [0.1, 0.15) is 30.6 Å². The van der Waals surface area contributed by atoms with Gasteiger partial charge in [0.1, 0.15) is 0 Å². The fraction of sp³-hybridized carbons (Fsp3) is 0.444. The number of aromatic carboxylic acids is 1. The predicted octanol–water partition coefficient (Wildman–Crippen LogP) is 1.39. The number of carboxylic acids is 1. The minimum Gasteiger partial charge on any atom is -0.478 e. The second-order valence-corrected chi connectivity index (χ2v) is 3.05. The quantitative estimate of drug-likeness (QED) is 0.759. The van der Waals surface area contributed by atoms with Crippen LogP contribution in [0.4, 0.5) is 5.95 Å². The maximum atomic E-state index is 10.5. The lowest BCUT2D eigenvalue weighted by molar-refractivity contribution is 0.0696. The number of nitrogens with zero attached hydrogens (tertiary/aromatic N) is 2. The van der Waals surface area contributed by atoms with Crippen LogP contribution < -0.4 is 5.32 Å². The van der Waals surface area contributed by atoms with Crippen molar-refractivity contribution in [1.82, 2.24) is 9.97 Å². The van der Waals surface area contributed by atoms with Crippen LogP contribution in [0.2, 0.25) is 0 Å². The van der Waals surface area contributed by atoms with Gasteiger partial charge in [-0.2, -0.15) is 0 Å². The summed E-state index contributed by atoms with van der Waals surface area (Å²) in [5.74, 6) is -0.551. The zero-order valence-electron chi connectivity index (χ0n) is 8.19. The average Bonchev–Trinajstić information content (AvgIpc) is 2.18. The number of nitrogens with one attached hydrogen (secondary N) is 1. The van der Waals surface area contributed by atoms with Crippen molar-refractivity contribution in [2.75, 3.05) is 5.32 Å². The molecule has 0 aliphatic carbocycles. The third-order valence-electron chi connectivity index (χ3n) is 1.89. The van der Waals surface area contributed by atoms with E-state index in [-0.39, 0.29) is 11.6 Å². The molecule has 0 amide bonds. The highest BCUT2D eigenvalue weighted by Crippen LogP contribution is 2.03. The zero-order valence-corrected chi connectivity index (χ0v) is 8.19. The maximum absolute atomic E-state index is 10.5. The van der Waals surface area contributed by atoms with E-state index >= 15 is 0 Å². The van der Waals surface area contributed by atoms with Crippen molar-refractivity contribution < 1.29 is 9.90 Å². The molecule has 5 nitrogen and oxygen atoms in total. The third kappa shape index (κ3) is 2.69. The van der Waals surface area contributed by atoms with Crippen LogP contribution in [-0.4, -0.2) is 27.1 Å². The molecule has 14 heavy (non-hydrogen) atoms. The topological polar surface area (TPSA) is 75.1 Å². The number of rotatable bonds is 4. The summed E-state index contributed by atoms with van der Waals surface area (Å²) in [6, 6.07) is 0.283. The summed E-state index contributed by atoms with van der Waals surface area (Å²) in [5.41, 5.74) is 0.0969. The lowest BCUT2D eigenvalue weighted by atomic mass is 10.3. The van der Waals surface area contributed by atoms with E-state index in [1.54, 1.807) is 0 Å². The van der Waals surface area contributed by atoms with Gasteiger partial charge in [0.05, 0.1) is 5.56 Å². The summed E-state index contributed by atoms with van der Waals surface area (Å²) in [7, 11) is 0. The molecule has 0 radical (unpaired) electrons. The van der Waals surface area contributed by atoms with E-state index in [0.717, 1.165) is 6.42 Å². The normalized spacial score (nSPS) is 12.1. The molecular formula is C9H13N3O2. The molecule has 0 fully saturated rings. The van der Waals surface area contributed by atoms with Gasteiger partial charge < -0.3 is 10.4 Å². The Kier molecular flexibility index (Phi) is 3.39. The fourth-order valence-corrected chi connectivity index (χ4v) is 0.835. The van der Waals surface area contributed by atoms with Crippen molar-refractivity contribution >= 4 is 11.9 Å². The van der Waals surface area contributed by atoms with Crippen LogP contribution in [0.5, 0.6) is 0 Å². The summed E-state index contributed by atoms with van der Waals surface area (Å²) >= 11 is 0.